The van der Waals surface area contributed by atoms with E-state index in [0.717, 1.165) is 12.1 Å². The molecule has 9 heteroatoms. The molecule has 8 nitrogen and oxygen atoms in total. The van der Waals surface area contributed by atoms with E-state index in [2.05, 4.69) is 4.72 Å². The quantitative estimate of drug-likeness (QED) is 0.643. The highest BCUT2D eigenvalue weighted by Gasteiger charge is 2.33. The monoisotopic (exact) mass is 361 g/mol. The lowest BCUT2D eigenvalue weighted by Crippen LogP contribution is -2.37. The second-order valence-corrected chi connectivity index (χ2v) is 7.33. The van der Waals surface area contributed by atoms with Gasteiger partial charge in [0, 0.05) is 36.8 Å². The number of nitro benzene ring substituents is 1. The molecule has 1 amide bonds. The number of non-ortho nitro benzene ring substituents is 1. The van der Waals surface area contributed by atoms with E-state index in [1.54, 1.807) is 24.3 Å². The van der Waals surface area contributed by atoms with Gasteiger partial charge in [-0.2, -0.15) is 0 Å². The lowest BCUT2D eigenvalue weighted by atomic mass is 10.3. The molecule has 2 aromatic rings. The topological polar surface area (TPSA) is 110 Å². The number of rotatable bonds is 5. The van der Waals surface area contributed by atoms with Crippen molar-refractivity contribution in [3.8, 4) is 0 Å². The van der Waals surface area contributed by atoms with E-state index >= 15 is 0 Å². The van der Waals surface area contributed by atoms with Crippen molar-refractivity contribution in [2.75, 3.05) is 11.4 Å². The molecular formula is C16H15N3O5S. The average molecular weight is 361 g/mol. The third-order valence-electron chi connectivity index (χ3n) is 3.87. The highest BCUT2D eigenvalue weighted by atomic mass is 32.2. The molecule has 3 rings (SSSR count). The van der Waals surface area contributed by atoms with Gasteiger partial charge in [0.05, 0.1) is 9.82 Å². The molecule has 1 saturated heterocycles. The molecule has 25 heavy (non-hydrogen) atoms. The zero-order valence-electron chi connectivity index (χ0n) is 13.0. The summed E-state index contributed by atoms with van der Waals surface area (Å²) >= 11 is 0. The number of nitrogens with zero attached hydrogens (tertiary/aromatic N) is 2. The molecule has 1 atom stereocenters. The van der Waals surface area contributed by atoms with Gasteiger partial charge >= 0.3 is 0 Å². The number of nitro groups is 1. The summed E-state index contributed by atoms with van der Waals surface area (Å²) in [5, 5.41) is 10.6. The smallest absolute Gasteiger partial charge is 0.269 e. The maximum absolute atomic E-state index is 12.4. The van der Waals surface area contributed by atoms with Crippen molar-refractivity contribution in [3.05, 3.63) is 64.7 Å². The Bertz CT molecular complexity index is 897. The van der Waals surface area contributed by atoms with Crippen LogP contribution in [0.15, 0.2) is 59.5 Å². The molecule has 0 unspecified atom stereocenters. The first-order valence-corrected chi connectivity index (χ1v) is 8.97. The molecule has 0 bridgehead atoms. The van der Waals surface area contributed by atoms with Crippen molar-refractivity contribution in [2.24, 2.45) is 0 Å². The molecule has 1 N–H and O–H groups in total. The first kappa shape index (κ1) is 17.1. The minimum atomic E-state index is -3.87. The van der Waals surface area contributed by atoms with Crippen LogP contribution in [-0.4, -0.2) is 31.8 Å². The first-order chi connectivity index (χ1) is 11.9. The summed E-state index contributed by atoms with van der Waals surface area (Å²) in [5.41, 5.74) is 0.523. The van der Waals surface area contributed by atoms with E-state index in [9.17, 15) is 23.3 Å². The van der Waals surface area contributed by atoms with Gasteiger partial charge in [-0.25, -0.2) is 13.1 Å². The predicted molar refractivity (Wildman–Crippen MR) is 90.6 cm³/mol. The summed E-state index contributed by atoms with van der Waals surface area (Å²) in [6, 6.07) is 13.0. The number of hydrogen-bond acceptors (Lipinski definition) is 5. The van der Waals surface area contributed by atoms with Crippen LogP contribution in [0.4, 0.5) is 11.4 Å². The molecular weight excluding hydrogens is 346 g/mol. The number of carbonyl (C=O) groups is 1. The third kappa shape index (κ3) is 3.67. The van der Waals surface area contributed by atoms with Crippen molar-refractivity contribution in [1.82, 2.24) is 4.72 Å². The maximum Gasteiger partial charge on any atom is 0.269 e. The van der Waals surface area contributed by atoms with Gasteiger partial charge in [0.15, 0.2) is 0 Å². The highest BCUT2D eigenvalue weighted by molar-refractivity contribution is 7.89. The summed E-state index contributed by atoms with van der Waals surface area (Å²) in [5.74, 6) is -0.164. The summed E-state index contributed by atoms with van der Waals surface area (Å²) in [4.78, 5) is 23.6. The van der Waals surface area contributed by atoms with E-state index in [0.29, 0.717) is 5.69 Å². The van der Waals surface area contributed by atoms with E-state index in [-0.39, 0.29) is 29.5 Å². The number of carbonyl (C=O) groups excluding carboxylic acids is 1. The fraction of sp³-hybridized carbons (Fsp3) is 0.188. The van der Waals surface area contributed by atoms with Gasteiger partial charge < -0.3 is 4.90 Å². The van der Waals surface area contributed by atoms with Gasteiger partial charge in [0.25, 0.3) is 5.69 Å². The molecule has 0 aliphatic carbocycles. The standard InChI is InChI=1S/C16H15N3O5S/c20-16-10-12(11-18(16)13-4-2-1-3-5-13)17-25(23,24)15-8-6-14(7-9-15)19(21)22/h1-9,12,17H,10-11H2/t12-/m0/s1. The van der Waals surface area contributed by atoms with Gasteiger partial charge in [-0.15, -0.1) is 0 Å². The largest absolute Gasteiger partial charge is 0.311 e. The van der Waals surface area contributed by atoms with E-state index in [1.807, 2.05) is 6.07 Å². The molecule has 2 aromatic carbocycles. The Morgan fingerprint density at radius 3 is 2.32 bits per heavy atom. The van der Waals surface area contributed by atoms with Gasteiger partial charge in [0.2, 0.25) is 15.9 Å². The van der Waals surface area contributed by atoms with Crippen molar-refractivity contribution in [2.45, 2.75) is 17.4 Å². The predicted octanol–water partition coefficient (Wildman–Crippen LogP) is 1.68. The SMILES string of the molecule is O=C1C[C@H](NS(=O)(=O)c2ccc([N+](=O)[O-])cc2)CN1c1ccccc1. The molecule has 0 radical (unpaired) electrons. The second-order valence-electron chi connectivity index (χ2n) is 5.61. The van der Waals surface area contributed by atoms with Crippen LogP contribution in [0.5, 0.6) is 0 Å². The van der Waals surface area contributed by atoms with Crippen LogP contribution in [0.2, 0.25) is 0 Å². The maximum atomic E-state index is 12.4. The number of hydrogen-bond donors (Lipinski definition) is 1. The lowest BCUT2D eigenvalue weighted by Gasteiger charge is -2.17. The fourth-order valence-electron chi connectivity index (χ4n) is 2.68. The van der Waals surface area contributed by atoms with Crippen molar-refractivity contribution >= 4 is 27.3 Å². The minimum Gasteiger partial charge on any atom is -0.311 e. The average Bonchev–Trinajstić information content (AvgIpc) is 2.95. The Morgan fingerprint density at radius 1 is 1.08 bits per heavy atom. The van der Waals surface area contributed by atoms with Crippen LogP contribution >= 0.6 is 0 Å². The summed E-state index contributed by atoms with van der Waals surface area (Å²) in [7, 11) is -3.87. The van der Waals surface area contributed by atoms with Gasteiger partial charge in [-0.05, 0) is 24.3 Å². The molecule has 1 aliphatic heterocycles. The summed E-state index contributed by atoms with van der Waals surface area (Å²) in [6.45, 7) is 0.231. The van der Waals surface area contributed by atoms with Gasteiger partial charge in [-0.1, -0.05) is 18.2 Å². The third-order valence-corrected chi connectivity index (χ3v) is 5.41. The van der Waals surface area contributed by atoms with Crippen molar-refractivity contribution < 1.29 is 18.1 Å². The zero-order valence-corrected chi connectivity index (χ0v) is 13.8. The highest BCUT2D eigenvalue weighted by Crippen LogP contribution is 2.23. The zero-order chi connectivity index (χ0) is 18.0. The summed E-state index contributed by atoms with van der Waals surface area (Å²) in [6.07, 6.45) is 0.0567. The second kappa shape index (κ2) is 6.61. The Labute approximate surface area is 144 Å². The van der Waals surface area contributed by atoms with Crippen LogP contribution in [-0.2, 0) is 14.8 Å². The number of amides is 1. The lowest BCUT2D eigenvalue weighted by molar-refractivity contribution is -0.384. The van der Waals surface area contributed by atoms with Crippen LogP contribution < -0.4 is 9.62 Å². The van der Waals surface area contributed by atoms with E-state index in [1.165, 1.54) is 17.0 Å². The minimum absolute atomic E-state index is 0.0567. The number of sulfonamides is 1. The first-order valence-electron chi connectivity index (χ1n) is 7.49. The van der Waals surface area contributed by atoms with Crippen LogP contribution in [0.1, 0.15) is 6.42 Å². The molecule has 1 fully saturated rings. The van der Waals surface area contributed by atoms with Gasteiger partial charge in [-0.3, -0.25) is 14.9 Å². The molecule has 0 spiro atoms. The fourth-order valence-corrected chi connectivity index (χ4v) is 3.91. The van der Waals surface area contributed by atoms with Crippen LogP contribution in [0.25, 0.3) is 0 Å². The Hall–Kier alpha value is -2.78. The van der Waals surface area contributed by atoms with Crippen LogP contribution in [0, 0.1) is 10.1 Å². The molecule has 130 valence electrons. The molecule has 1 heterocycles. The number of nitrogens with one attached hydrogen (secondary N) is 1. The number of benzene rings is 2. The summed E-state index contributed by atoms with van der Waals surface area (Å²) < 4.78 is 27.3. The van der Waals surface area contributed by atoms with E-state index in [4.69, 9.17) is 0 Å². The van der Waals surface area contributed by atoms with Crippen molar-refractivity contribution in [3.63, 3.8) is 0 Å². The Morgan fingerprint density at radius 2 is 1.72 bits per heavy atom. The molecule has 1 aliphatic rings. The number of para-hydroxylation sites is 1. The Balaban J connectivity index is 1.73. The Kier molecular flexibility index (Phi) is 4.51. The van der Waals surface area contributed by atoms with Crippen LogP contribution in [0.3, 0.4) is 0 Å². The van der Waals surface area contributed by atoms with E-state index < -0.39 is 21.0 Å². The number of anilines is 1. The van der Waals surface area contributed by atoms with Crippen molar-refractivity contribution in [1.29, 1.82) is 0 Å². The normalized spacial score (nSPS) is 17.7. The molecule has 0 aromatic heterocycles. The van der Waals surface area contributed by atoms with Gasteiger partial charge in [0.1, 0.15) is 0 Å². The molecule has 0 saturated carbocycles.